The molecule has 136 valence electrons. The van der Waals surface area contributed by atoms with Gasteiger partial charge >= 0.3 is 5.97 Å². The van der Waals surface area contributed by atoms with Gasteiger partial charge in [0.05, 0.1) is 12.7 Å². The van der Waals surface area contributed by atoms with E-state index in [-0.39, 0.29) is 5.97 Å². The Labute approximate surface area is 157 Å². The van der Waals surface area contributed by atoms with Gasteiger partial charge in [-0.05, 0) is 50.5 Å². The summed E-state index contributed by atoms with van der Waals surface area (Å²) in [5.74, 6) is -0.333. The highest BCUT2D eigenvalue weighted by Crippen LogP contribution is 2.33. The summed E-state index contributed by atoms with van der Waals surface area (Å²) in [6, 6.07) is 1.98. The summed E-state index contributed by atoms with van der Waals surface area (Å²) in [5.41, 5.74) is 2.74. The molecule has 0 aromatic carbocycles. The Morgan fingerprint density at radius 2 is 2.20 bits per heavy atom. The number of thiocarbonyl (C=S) groups is 1. The van der Waals surface area contributed by atoms with Crippen LogP contribution in [0.15, 0.2) is 12.3 Å². The van der Waals surface area contributed by atoms with Crippen LogP contribution in [0.2, 0.25) is 0 Å². The van der Waals surface area contributed by atoms with Gasteiger partial charge in [0.1, 0.15) is 5.00 Å². The number of hydrogen-bond acceptors (Lipinski definition) is 5. The molecule has 0 atom stereocenters. The van der Waals surface area contributed by atoms with Crippen molar-refractivity contribution in [1.82, 2.24) is 15.1 Å². The number of hydrogen-bond donors (Lipinski definition) is 2. The molecule has 0 fully saturated rings. The predicted molar refractivity (Wildman–Crippen MR) is 106 cm³/mol. The molecule has 0 unspecified atom stereocenters. The Bertz CT molecular complexity index is 752. The van der Waals surface area contributed by atoms with Crippen LogP contribution < -0.4 is 10.6 Å². The van der Waals surface area contributed by atoms with E-state index in [0.717, 1.165) is 47.1 Å². The molecule has 2 heterocycles. The zero-order valence-corrected chi connectivity index (χ0v) is 16.6. The monoisotopic (exact) mass is 380 g/mol. The van der Waals surface area contributed by atoms with E-state index in [9.17, 15) is 4.79 Å². The number of carbonyl (C=O) groups excluding carboxylic acids is 1. The maximum Gasteiger partial charge on any atom is 0.341 e. The van der Waals surface area contributed by atoms with Gasteiger partial charge in [0.25, 0.3) is 0 Å². The Kier molecular flexibility index (Phi) is 6.95. The lowest BCUT2D eigenvalue weighted by atomic mass is 10.1. The normalized spacial score (nSPS) is 10.6. The molecule has 2 aromatic heterocycles. The first kappa shape index (κ1) is 19.4. The Morgan fingerprint density at radius 1 is 1.44 bits per heavy atom. The third-order valence-corrected chi connectivity index (χ3v) is 5.25. The van der Waals surface area contributed by atoms with Crippen LogP contribution in [0.5, 0.6) is 0 Å². The van der Waals surface area contributed by atoms with Gasteiger partial charge in [-0.1, -0.05) is 6.92 Å². The third-order valence-electron chi connectivity index (χ3n) is 3.94. The molecule has 0 aliphatic carbocycles. The minimum atomic E-state index is -0.333. The standard InChI is InChI=1S/C17H24N4O2S2/c1-5-13-12(3)25-15(14(13)16(22)23-4)20-17(24)18-8-6-10-21-11(2)7-9-19-21/h7,9H,5-6,8,10H2,1-4H3,(H2,18,20,24). The van der Waals surface area contributed by atoms with Gasteiger partial charge in [0.15, 0.2) is 5.11 Å². The average molecular weight is 381 g/mol. The maximum absolute atomic E-state index is 12.1. The van der Waals surface area contributed by atoms with Crippen molar-refractivity contribution in [2.45, 2.75) is 40.2 Å². The van der Waals surface area contributed by atoms with Gasteiger partial charge in [-0.2, -0.15) is 5.10 Å². The van der Waals surface area contributed by atoms with Gasteiger partial charge in [-0.25, -0.2) is 4.79 Å². The lowest BCUT2D eigenvalue weighted by Gasteiger charge is -2.11. The quantitative estimate of drug-likeness (QED) is 0.436. The summed E-state index contributed by atoms with van der Waals surface area (Å²) in [4.78, 5) is 13.2. The highest BCUT2D eigenvalue weighted by Gasteiger charge is 2.22. The highest BCUT2D eigenvalue weighted by molar-refractivity contribution is 7.80. The second-order valence-electron chi connectivity index (χ2n) is 5.62. The zero-order valence-electron chi connectivity index (χ0n) is 15.0. The second kappa shape index (κ2) is 8.96. The lowest BCUT2D eigenvalue weighted by Crippen LogP contribution is -2.30. The van der Waals surface area contributed by atoms with Crippen LogP contribution in [0.3, 0.4) is 0 Å². The number of anilines is 1. The van der Waals surface area contributed by atoms with Crippen molar-refractivity contribution in [3.05, 3.63) is 34.0 Å². The van der Waals surface area contributed by atoms with E-state index in [0.29, 0.717) is 10.7 Å². The number of ether oxygens (including phenoxy) is 1. The number of nitrogens with one attached hydrogen (secondary N) is 2. The first-order chi connectivity index (χ1) is 12.0. The molecule has 6 nitrogen and oxygen atoms in total. The number of nitrogens with zero attached hydrogens (tertiary/aromatic N) is 2. The molecule has 0 radical (unpaired) electrons. The minimum absolute atomic E-state index is 0.333. The van der Waals surface area contributed by atoms with E-state index in [2.05, 4.69) is 15.7 Å². The van der Waals surface area contributed by atoms with Gasteiger partial charge in [-0.3, -0.25) is 4.68 Å². The van der Waals surface area contributed by atoms with Crippen LogP contribution in [0.4, 0.5) is 5.00 Å². The molecule has 0 saturated heterocycles. The molecular weight excluding hydrogens is 356 g/mol. The van der Waals surface area contributed by atoms with Crippen molar-refractivity contribution in [3.8, 4) is 0 Å². The summed E-state index contributed by atoms with van der Waals surface area (Å²) in [5, 5.41) is 11.8. The minimum Gasteiger partial charge on any atom is -0.465 e. The van der Waals surface area contributed by atoms with E-state index in [1.807, 2.05) is 31.5 Å². The van der Waals surface area contributed by atoms with Crippen molar-refractivity contribution < 1.29 is 9.53 Å². The van der Waals surface area contributed by atoms with Crippen molar-refractivity contribution in [3.63, 3.8) is 0 Å². The first-order valence-electron chi connectivity index (χ1n) is 8.21. The van der Waals surface area contributed by atoms with E-state index in [1.165, 1.54) is 18.4 Å². The molecule has 0 aliphatic heterocycles. The number of methoxy groups -OCH3 is 1. The van der Waals surface area contributed by atoms with Gasteiger partial charge in [0.2, 0.25) is 0 Å². The fourth-order valence-corrected chi connectivity index (χ4v) is 4.03. The fraction of sp³-hybridized carbons (Fsp3) is 0.471. The average Bonchev–Trinajstić information content (AvgIpc) is 3.13. The van der Waals surface area contributed by atoms with E-state index in [1.54, 1.807) is 6.20 Å². The van der Waals surface area contributed by atoms with Gasteiger partial charge in [0, 0.05) is 29.9 Å². The Hall–Kier alpha value is -1.93. The van der Waals surface area contributed by atoms with Crippen molar-refractivity contribution in [2.24, 2.45) is 0 Å². The van der Waals surface area contributed by atoms with E-state index < -0.39 is 0 Å². The summed E-state index contributed by atoms with van der Waals surface area (Å²) in [7, 11) is 1.40. The number of rotatable bonds is 7. The molecule has 8 heteroatoms. The van der Waals surface area contributed by atoms with Crippen molar-refractivity contribution >= 4 is 39.6 Å². The van der Waals surface area contributed by atoms with Crippen LogP contribution in [0, 0.1) is 13.8 Å². The van der Waals surface area contributed by atoms with Crippen molar-refractivity contribution in [2.75, 3.05) is 19.0 Å². The number of aromatic nitrogens is 2. The molecule has 0 amide bonds. The molecule has 2 N–H and O–H groups in total. The SMILES string of the molecule is CCc1c(C)sc(NC(=S)NCCCn2nccc2C)c1C(=O)OC. The highest BCUT2D eigenvalue weighted by atomic mass is 32.1. The van der Waals surface area contributed by atoms with E-state index in [4.69, 9.17) is 17.0 Å². The predicted octanol–water partition coefficient (Wildman–Crippen LogP) is 3.29. The number of aryl methyl sites for hydroxylation is 3. The lowest BCUT2D eigenvalue weighted by molar-refractivity contribution is 0.0601. The third kappa shape index (κ3) is 4.79. The number of carbonyl (C=O) groups is 1. The Balaban J connectivity index is 1.92. The second-order valence-corrected chi connectivity index (χ2v) is 7.25. The van der Waals surface area contributed by atoms with Gasteiger partial charge < -0.3 is 15.4 Å². The summed E-state index contributed by atoms with van der Waals surface area (Å²) >= 11 is 6.88. The fourth-order valence-electron chi connectivity index (χ4n) is 2.62. The molecule has 2 rings (SSSR count). The molecule has 0 spiro atoms. The molecule has 0 aliphatic rings. The molecule has 0 saturated carbocycles. The van der Waals surface area contributed by atoms with Crippen molar-refractivity contribution in [1.29, 1.82) is 0 Å². The zero-order chi connectivity index (χ0) is 18.4. The molecule has 2 aromatic rings. The summed E-state index contributed by atoms with van der Waals surface area (Å²) < 4.78 is 6.88. The first-order valence-corrected chi connectivity index (χ1v) is 9.44. The number of esters is 1. The van der Waals surface area contributed by atoms with Crippen LogP contribution in [-0.2, 0) is 17.7 Å². The molecule has 25 heavy (non-hydrogen) atoms. The van der Waals surface area contributed by atoms with Gasteiger partial charge in [-0.15, -0.1) is 11.3 Å². The van der Waals surface area contributed by atoms with E-state index >= 15 is 0 Å². The van der Waals surface area contributed by atoms with Crippen LogP contribution >= 0.6 is 23.6 Å². The van der Waals surface area contributed by atoms with Crippen LogP contribution in [0.1, 0.15) is 39.8 Å². The van der Waals surface area contributed by atoms with Crippen LogP contribution in [-0.4, -0.2) is 34.5 Å². The molecule has 0 bridgehead atoms. The largest absolute Gasteiger partial charge is 0.465 e. The topological polar surface area (TPSA) is 68.2 Å². The maximum atomic E-state index is 12.1. The Morgan fingerprint density at radius 3 is 2.80 bits per heavy atom. The molecular formula is C17H24N4O2S2. The number of thiophene rings is 1. The smallest absolute Gasteiger partial charge is 0.341 e. The van der Waals surface area contributed by atoms with Crippen LogP contribution in [0.25, 0.3) is 0 Å². The summed E-state index contributed by atoms with van der Waals surface area (Å²) in [6.07, 6.45) is 3.48. The summed E-state index contributed by atoms with van der Waals surface area (Å²) in [6.45, 7) is 7.62.